The van der Waals surface area contributed by atoms with E-state index in [9.17, 15) is 14.4 Å². The highest BCUT2D eigenvalue weighted by Crippen LogP contribution is 2.29. The number of hydrogen-bond acceptors (Lipinski definition) is 4. The van der Waals surface area contributed by atoms with Gasteiger partial charge < -0.3 is 15.4 Å². The van der Waals surface area contributed by atoms with Crippen molar-refractivity contribution in [2.45, 2.75) is 26.7 Å². The second-order valence-corrected chi connectivity index (χ2v) is 6.34. The van der Waals surface area contributed by atoms with Gasteiger partial charge in [0.2, 0.25) is 5.91 Å². The molecule has 2 N–H and O–H groups in total. The third-order valence-corrected chi connectivity index (χ3v) is 4.17. The molecular weight excluding hydrogens is 332 g/mol. The molecule has 2 aromatic rings. The van der Waals surface area contributed by atoms with E-state index < -0.39 is 0 Å². The van der Waals surface area contributed by atoms with Crippen molar-refractivity contribution in [1.82, 2.24) is 0 Å². The highest BCUT2D eigenvalue weighted by Gasteiger charge is 2.18. The van der Waals surface area contributed by atoms with Gasteiger partial charge in [-0.15, -0.1) is 0 Å². The molecule has 0 fully saturated rings. The summed E-state index contributed by atoms with van der Waals surface area (Å²) < 4.78 is 5.27. The van der Waals surface area contributed by atoms with Crippen LogP contribution in [0.3, 0.4) is 0 Å². The molecule has 1 aliphatic heterocycles. The minimum atomic E-state index is -0.255. The Hall–Kier alpha value is -3.15. The van der Waals surface area contributed by atoms with Crippen LogP contribution in [0, 0.1) is 13.8 Å². The summed E-state index contributed by atoms with van der Waals surface area (Å²) in [4.78, 5) is 35.8. The minimum Gasteiger partial charge on any atom is -0.482 e. The number of hydrogen-bond donors (Lipinski definition) is 2. The summed E-state index contributed by atoms with van der Waals surface area (Å²) in [5.41, 5.74) is 3.77. The van der Waals surface area contributed by atoms with Gasteiger partial charge in [0.15, 0.2) is 12.4 Å². The molecule has 0 saturated heterocycles. The highest BCUT2D eigenvalue weighted by molar-refractivity contribution is 6.02. The van der Waals surface area contributed by atoms with Crippen molar-refractivity contribution in [3.8, 4) is 5.75 Å². The fourth-order valence-electron chi connectivity index (χ4n) is 2.79. The lowest BCUT2D eigenvalue weighted by Crippen LogP contribution is -2.25. The summed E-state index contributed by atoms with van der Waals surface area (Å²) in [5, 5.41) is 5.50. The Morgan fingerprint density at radius 3 is 2.69 bits per heavy atom. The molecule has 0 unspecified atom stereocenters. The average Bonchev–Trinajstić information content (AvgIpc) is 2.61. The van der Waals surface area contributed by atoms with Gasteiger partial charge in [0.1, 0.15) is 5.75 Å². The SMILES string of the molecule is Cc1ccc(NC(=O)CCC(=O)c2ccc3c(c2)NC(=O)CO3)c(C)c1. The molecule has 3 rings (SSSR count). The highest BCUT2D eigenvalue weighted by atomic mass is 16.5. The first-order chi connectivity index (χ1) is 12.4. The molecule has 0 aromatic heterocycles. The molecule has 0 spiro atoms. The third-order valence-electron chi connectivity index (χ3n) is 4.17. The second-order valence-electron chi connectivity index (χ2n) is 6.34. The number of fused-ring (bicyclic) bond motifs is 1. The molecule has 6 nitrogen and oxygen atoms in total. The lowest BCUT2D eigenvalue weighted by atomic mass is 10.0. The molecule has 1 heterocycles. The van der Waals surface area contributed by atoms with E-state index in [1.54, 1.807) is 18.2 Å². The van der Waals surface area contributed by atoms with E-state index >= 15 is 0 Å². The van der Waals surface area contributed by atoms with Crippen LogP contribution < -0.4 is 15.4 Å². The average molecular weight is 352 g/mol. The molecule has 1 aliphatic rings. The number of carbonyl (C=O) groups is 3. The number of amides is 2. The maximum atomic E-state index is 12.3. The lowest BCUT2D eigenvalue weighted by Gasteiger charge is -2.18. The van der Waals surface area contributed by atoms with Crippen LogP contribution in [-0.2, 0) is 9.59 Å². The minimum absolute atomic E-state index is 0.0289. The molecule has 0 saturated carbocycles. The van der Waals surface area contributed by atoms with Gasteiger partial charge in [-0.25, -0.2) is 0 Å². The monoisotopic (exact) mass is 352 g/mol. The van der Waals surface area contributed by atoms with Gasteiger partial charge in [-0.2, -0.15) is 0 Å². The van der Waals surface area contributed by atoms with E-state index in [-0.39, 0.29) is 37.0 Å². The van der Waals surface area contributed by atoms with Gasteiger partial charge in [-0.05, 0) is 43.7 Å². The molecule has 134 valence electrons. The van der Waals surface area contributed by atoms with Crippen molar-refractivity contribution in [3.05, 3.63) is 53.1 Å². The Labute approximate surface area is 151 Å². The van der Waals surface area contributed by atoms with Crippen LogP contribution in [0.15, 0.2) is 36.4 Å². The van der Waals surface area contributed by atoms with Crippen molar-refractivity contribution in [3.63, 3.8) is 0 Å². The van der Waals surface area contributed by atoms with Crippen molar-refractivity contribution in [2.75, 3.05) is 17.2 Å². The zero-order chi connectivity index (χ0) is 18.7. The quantitative estimate of drug-likeness (QED) is 0.809. The number of ketones is 1. The number of aryl methyl sites for hydroxylation is 2. The van der Waals surface area contributed by atoms with Crippen molar-refractivity contribution < 1.29 is 19.1 Å². The van der Waals surface area contributed by atoms with Crippen LogP contribution in [-0.4, -0.2) is 24.2 Å². The smallest absolute Gasteiger partial charge is 0.262 e. The number of Topliss-reactive ketones (excluding diaryl/α,β-unsaturated/α-hetero) is 1. The molecule has 26 heavy (non-hydrogen) atoms. The lowest BCUT2D eigenvalue weighted by molar-refractivity contribution is -0.118. The van der Waals surface area contributed by atoms with Crippen molar-refractivity contribution >= 4 is 29.0 Å². The number of nitrogens with one attached hydrogen (secondary N) is 2. The summed E-state index contributed by atoms with van der Waals surface area (Å²) in [6.07, 6.45) is 0.177. The number of anilines is 2. The first-order valence-electron chi connectivity index (χ1n) is 8.39. The molecule has 2 aromatic carbocycles. The molecule has 0 radical (unpaired) electrons. The molecule has 2 amide bonds. The topological polar surface area (TPSA) is 84.5 Å². The van der Waals surface area contributed by atoms with Gasteiger partial charge in [0, 0.05) is 24.1 Å². The first kappa shape index (κ1) is 17.7. The second kappa shape index (κ2) is 7.39. The largest absolute Gasteiger partial charge is 0.482 e. The van der Waals surface area contributed by atoms with E-state index in [0.717, 1.165) is 16.8 Å². The molecule has 6 heteroatoms. The van der Waals surface area contributed by atoms with Gasteiger partial charge >= 0.3 is 0 Å². The zero-order valence-electron chi connectivity index (χ0n) is 14.7. The van der Waals surface area contributed by atoms with E-state index in [2.05, 4.69) is 10.6 Å². The van der Waals surface area contributed by atoms with Gasteiger partial charge in [-0.3, -0.25) is 14.4 Å². The van der Waals surface area contributed by atoms with Crippen LogP contribution in [0.2, 0.25) is 0 Å². The summed E-state index contributed by atoms with van der Waals surface area (Å²) in [6.45, 7) is 3.89. The van der Waals surface area contributed by atoms with Crippen LogP contribution in [0.1, 0.15) is 34.3 Å². The van der Waals surface area contributed by atoms with Crippen LogP contribution in [0.25, 0.3) is 0 Å². The molecular formula is C20H20N2O4. The first-order valence-corrected chi connectivity index (χ1v) is 8.39. The number of rotatable bonds is 5. The van der Waals surface area contributed by atoms with E-state index in [1.807, 2.05) is 32.0 Å². The Morgan fingerprint density at radius 1 is 1.12 bits per heavy atom. The predicted molar refractivity (Wildman–Crippen MR) is 98.7 cm³/mol. The Bertz CT molecular complexity index is 889. The molecule has 0 atom stereocenters. The van der Waals surface area contributed by atoms with E-state index in [1.165, 1.54) is 0 Å². The normalized spacial score (nSPS) is 12.6. The predicted octanol–water partition coefficient (Wildman–Crippen LogP) is 3.24. The maximum Gasteiger partial charge on any atom is 0.262 e. The summed E-state index contributed by atoms with van der Waals surface area (Å²) in [6, 6.07) is 10.6. The van der Waals surface area contributed by atoms with Gasteiger partial charge in [0.25, 0.3) is 5.91 Å². The van der Waals surface area contributed by atoms with Crippen molar-refractivity contribution in [1.29, 1.82) is 0 Å². The summed E-state index contributed by atoms with van der Waals surface area (Å²) in [7, 11) is 0. The van der Waals surface area contributed by atoms with Crippen LogP contribution in [0.4, 0.5) is 11.4 Å². The summed E-state index contributed by atoms with van der Waals surface area (Å²) >= 11 is 0. The van der Waals surface area contributed by atoms with Crippen LogP contribution >= 0.6 is 0 Å². The van der Waals surface area contributed by atoms with E-state index in [0.29, 0.717) is 17.0 Å². The number of benzene rings is 2. The Balaban J connectivity index is 1.59. The molecule has 0 aliphatic carbocycles. The standard InChI is InChI=1S/C20H20N2O4/c1-12-3-5-15(13(2)9-12)21-19(24)8-6-17(23)14-4-7-18-16(10-14)22-20(25)11-26-18/h3-5,7,9-10H,6,8,11H2,1-2H3,(H,21,24)(H,22,25). The fourth-order valence-corrected chi connectivity index (χ4v) is 2.79. The Morgan fingerprint density at radius 2 is 1.92 bits per heavy atom. The summed E-state index contributed by atoms with van der Waals surface area (Å²) in [5.74, 6) is -0.0908. The number of ether oxygens (including phenoxy) is 1. The zero-order valence-corrected chi connectivity index (χ0v) is 14.7. The van der Waals surface area contributed by atoms with Crippen LogP contribution in [0.5, 0.6) is 5.75 Å². The van der Waals surface area contributed by atoms with E-state index in [4.69, 9.17) is 4.74 Å². The van der Waals surface area contributed by atoms with Crippen molar-refractivity contribution in [2.24, 2.45) is 0 Å². The van der Waals surface area contributed by atoms with Gasteiger partial charge in [0.05, 0.1) is 5.69 Å². The third kappa shape index (κ3) is 4.08. The Kier molecular flexibility index (Phi) is 5.02. The molecule has 0 bridgehead atoms. The fraction of sp³-hybridized carbons (Fsp3) is 0.250. The maximum absolute atomic E-state index is 12.3. The number of carbonyl (C=O) groups excluding carboxylic acids is 3. The van der Waals surface area contributed by atoms with Gasteiger partial charge in [-0.1, -0.05) is 17.7 Å².